The fourth-order valence-electron chi connectivity index (χ4n) is 1.47. The number of hydrogen-bond donors (Lipinski definition) is 0. The summed E-state index contributed by atoms with van der Waals surface area (Å²) in [6.07, 6.45) is 1.83. The predicted molar refractivity (Wildman–Crippen MR) is 34.6 cm³/mol. The summed E-state index contributed by atoms with van der Waals surface area (Å²) < 4.78 is 15.8. The molecule has 3 heteroatoms. The summed E-state index contributed by atoms with van der Waals surface area (Å²) in [4.78, 5) is 0. The van der Waals surface area contributed by atoms with Gasteiger partial charge in [-0.2, -0.15) is 0 Å². The third-order valence-electron chi connectivity index (χ3n) is 2.14. The molecule has 0 amide bonds. The van der Waals surface area contributed by atoms with Gasteiger partial charge in [0.25, 0.3) is 0 Å². The van der Waals surface area contributed by atoms with Gasteiger partial charge >= 0.3 is 0 Å². The van der Waals surface area contributed by atoms with Gasteiger partial charge in [0.05, 0.1) is 12.2 Å². The summed E-state index contributed by atoms with van der Waals surface area (Å²) in [5.41, 5.74) is 0. The first-order valence-electron chi connectivity index (χ1n) is 3.65. The average Bonchev–Trinajstić information content (AvgIpc) is 2.66. The first-order chi connectivity index (χ1) is 4.81. The summed E-state index contributed by atoms with van der Waals surface area (Å²) in [7, 11) is 1.67. The second-order valence-electron chi connectivity index (χ2n) is 2.88. The van der Waals surface area contributed by atoms with Gasteiger partial charge in [-0.25, -0.2) is 0 Å². The number of rotatable bonds is 1. The van der Waals surface area contributed by atoms with E-state index in [1.54, 1.807) is 7.11 Å². The molecule has 0 saturated carbocycles. The zero-order chi connectivity index (χ0) is 7.14. The van der Waals surface area contributed by atoms with Crippen molar-refractivity contribution in [2.45, 2.75) is 37.9 Å². The predicted octanol–water partition coefficient (Wildman–Crippen LogP) is 0.535. The Morgan fingerprint density at radius 1 is 1.40 bits per heavy atom. The molecule has 0 aromatic carbocycles. The van der Waals surface area contributed by atoms with Gasteiger partial charge in [0.2, 0.25) is 0 Å². The summed E-state index contributed by atoms with van der Waals surface area (Å²) in [5, 5.41) is 0. The highest BCUT2D eigenvalue weighted by Gasteiger charge is 2.49. The fourth-order valence-corrected chi connectivity index (χ4v) is 1.47. The van der Waals surface area contributed by atoms with E-state index >= 15 is 0 Å². The van der Waals surface area contributed by atoms with E-state index in [0.717, 1.165) is 6.42 Å². The Morgan fingerprint density at radius 2 is 2.20 bits per heavy atom. The first-order valence-corrected chi connectivity index (χ1v) is 3.65. The van der Waals surface area contributed by atoms with E-state index in [1.807, 2.05) is 6.92 Å². The van der Waals surface area contributed by atoms with Crippen LogP contribution in [0.3, 0.4) is 0 Å². The van der Waals surface area contributed by atoms with Crippen LogP contribution in [0.2, 0.25) is 0 Å². The molecule has 0 bridgehead atoms. The fraction of sp³-hybridized carbons (Fsp3) is 1.00. The van der Waals surface area contributed by atoms with Crippen LogP contribution in [0.15, 0.2) is 0 Å². The van der Waals surface area contributed by atoms with Crippen LogP contribution in [0.25, 0.3) is 0 Å². The van der Waals surface area contributed by atoms with Crippen molar-refractivity contribution in [2.24, 2.45) is 0 Å². The third-order valence-corrected chi connectivity index (χ3v) is 2.14. The average molecular weight is 144 g/mol. The van der Waals surface area contributed by atoms with E-state index < -0.39 is 0 Å². The first kappa shape index (κ1) is 6.58. The minimum atomic E-state index is -0.0428. The van der Waals surface area contributed by atoms with Crippen LogP contribution >= 0.6 is 0 Å². The number of hydrogen-bond acceptors (Lipinski definition) is 3. The summed E-state index contributed by atoms with van der Waals surface area (Å²) in [6.45, 7) is 2.02. The lowest BCUT2D eigenvalue weighted by molar-refractivity contribution is -0.165. The molecule has 2 saturated heterocycles. The lowest BCUT2D eigenvalue weighted by atomic mass is 10.1. The van der Waals surface area contributed by atoms with Crippen molar-refractivity contribution < 1.29 is 14.2 Å². The molecule has 2 aliphatic heterocycles. The summed E-state index contributed by atoms with van der Waals surface area (Å²) >= 11 is 0. The van der Waals surface area contributed by atoms with E-state index in [2.05, 4.69) is 0 Å². The minimum Gasteiger partial charge on any atom is -0.367 e. The van der Waals surface area contributed by atoms with Crippen molar-refractivity contribution in [3.63, 3.8) is 0 Å². The van der Waals surface area contributed by atoms with Crippen molar-refractivity contribution >= 4 is 0 Å². The molecule has 3 nitrogen and oxygen atoms in total. The number of epoxide rings is 1. The maximum Gasteiger partial charge on any atom is 0.160 e. The molecule has 0 spiro atoms. The maximum absolute atomic E-state index is 5.44. The normalized spacial score (nSPS) is 52.2. The third kappa shape index (κ3) is 0.944. The van der Waals surface area contributed by atoms with Crippen LogP contribution in [0, 0.1) is 0 Å². The van der Waals surface area contributed by atoms with E-state index in [9.17, 15) is 0 Å². The molecule has 0 aromatic rings. The second kappa shape index (κ2) is 2.19. The van der Waals surface area contributed by atoms with E-state index in [1.165, 1.54) is 0 Å². The molecule has 58 valence electrons. The monoisotopic (exact) mass is 144 g/mol. The Bertz CT molecular complexity index is 137. The quantitative estimate of drug-likeness (QED) is 0.503. The highest BCUT2D eigenvalue weighted by molar-refractivity contribution is 4.93. The van der Waals surface area contributed by atoms with Gasteiger partial charge in [0.1, 0.15) is 6.10 Å². The molecule has 2 rings (SSSR count). The maximum atomic E-state index is 5.44. The molecule has 10 heavy (non-hydrogen) atoms. The van der Waals surface area contributed by atoms with Crippen LogP contribution in [-0.4, -0.2) is 31.7 Å². The van der Waals surface area contributed by atoms with Crippen molar-refractivity contribution in [1.82, 2.24) is 0 Å². The van der Waals surface area contributed by atoms with Crippen LogP contribution in [0.5, 0.6) is 0 Å². The standard InChI is InChI=1S/C7H12O3/c1-4-7-5(10-7)3-6(8-2)9-4/h4-7H,3H2,1-2H3/t4-,5+,6?,7-/m1/s1. The van der Waals surface area contributed by atoms with Gasteiger partial charge in [-0.05, 0) is 6.92 Å². The Labute approximate surface area is 60.3 Å². The molecular weight excluding hydrogens is 132 g/mol. The molecule has 0 N–H and O–H groups in total. The molecule has 0 radical (unpaired) electrons. The zero-order valence-electron chi connectivity index (χ0n) is 6.24. The Hall–Kier alpha value is -0.120. The minimum absolute atomic E-state index is 0.0428. The lowest BCUT2D eigenvalue weighted by Gasteiger charge is -2.22. The number of methoxy groups -OCH3 is 1. The van der Waals surface area contributed by atoms with Crippen LogP contribution in [0.4, 0.5) is 0 Å². The lowest BCUT2D eigenvalue weighted by Crippen LogP contribution is -2.32. The van der Waals surface area contributed by atoms with Crippen molar-refractivity contribution in [3.05, 3.63) is 0 Å². The smallest absolute Gasteiger partial charge is 0.160 e. The molecule has 1 unspecified atom stereocenters. The van der Waals surface area contributed by atoms with Crippen molar-refractivity contribution in [3.8, 4) is 0 Å². The molecule has 2 fully saturated rings. The Balaban J connectivity index is 1.93. The van der Waals surface area contributed by atoms with Crippen LogP contribution in [0.1, 0.15) is 13.3 Å². The zero-order valence-corrected chi connectivity index (χ0v) is 6.24. The summed E-state index contributed by atoms with van der Waals surface area (Å²) in [6, 6.07) is 0. The van der Waals surface area contributed by atoms with Crippen molar-refractivity contribution in [1.29, 1.82) is 0 Å². The second-order valence-corrected chi connectivity index (χ2v) is 2.88. The Morgan fingerprint density at radius 3 is 2.80 bits per heavy atom. The SMILES string of the molecule is COC1C[C@@H]2O[C@@H]2[C@@H](C)O1. The topological polar surface area (TPSA) is 31.0 Å². The summed E-state index contributed by atoms with van der Waals surface area (Å²) in [5.74, 6) is 0. The molecule has 2 aliphatic rings. The van der Waals surface area contributed by atoms with Crippen molar-refractivity contribution in [2.75, 3.05) is 7.11 Å². The van der Waals surface area contributed by atoms with Gasteiger partial charge < -0.3 is 14.2 Å². The van der Waals surface area contributed by atoms with Gasteiger partial charge in [-0.3, -0.25) is 0 Å². The van der Waals surface area contributed by atoms with E-state index in [4.69, 9.17) is 14.2 Å². The largest absolute Gasteiger partial charge is 0.367 e. The van der Waals surface area contributed by atoms with E-state index in [-0.39, 0.29) is 12.4 Å². The molecule has 2 heterocycles. The van der Waals surface area contributed by atoms with Crippen LogP contribution < -0.4 is 0 Å². The number of ether oxygens (including phenoxy) is 3. The highest BCUT2D eigenvalue weighted by Crippen LogP contribution is 2.36. The van der Waals surface area contributed by atoms with E-state index in [0.29, 0.717) is 12.2 Å². The van der Waals surface area contributed by atoms with Crippen LogP contribution in [-0.2, 0) is 14.2 Å². The van der Waals surface area contributed by atoms with Gasteiger partial charge in [0, 0.05) is 13.5 Å². The highest BCUT2D eigenvalue weighted by atomic mass is 16.7. The molecular formula is C7H12O3. The molecule has 0 aliphatic carbocycles. The van der Waals surface area contributed by atoms with Gasteiger partial charge in [0.15, 0.2) is 6.29 Å². The molecule has 0 aromatic heterocycles. The van der Waals surface area contributed by atoms with Gasteiger partial charge in [-0.15, -0.1) is 0 Å². The Kier molecular flexibility index (Phi) is 1.44. The van der Waals surface area contributed by atoms with Gasteiger partial charge in [-0.1, -0.05) is 0 Å². The number of fused-ring (bicyclic) bond motifs is 1. The molecule has 4 atom stereocenters.